The molecule has 3 aliphatic rings. The number of nitrogens with one attached hydrogen (secondary N) is 1. The van der Waals surface area contributed by atoms with E-state index in [2.05, 4.69) is 20.3 Å². The van der Waals surface area contributed by atoms with Gasteiger partial charge in [-0.05, 0) is 37.8 Å². The summed E-state index contributed by atoms with van der Waals surface area (Å²) in [4.78, 5) is 29.1. The molecule has 0 aromatic carbocycles. The van der Waals surface area contributed by atoms with E-state index in [0.29, 0.717) is 72.2 Å². The van der Waals surface area contributed by atoms with Crippen molar-refractivity contribution in [3.8, 4) is 0 Å². The topological polar surface area (TPSA) is 142 Å². The van der Waals surface area contributed by atoms with E-state index in [0.717, 1.165) is 11.3 Å². The van der Waals surface area contributed by atoms with Gasteiger partial charge in [0.1, 0.15) is 15.5 Å². The molecule has 2 fully saturated rings. The van der Waals surface area contributed by atoms with Gasteiger partial charge < -0.3 is 31.2 Å². The second-order valence-corrected chi connectivity index (χ2v) is 10.3. The van der Waals surface area contributed by atoms with Crippen molar-refractivity contribution in [1.29, 1.82) is 0 Å². The summed E-state index contributed by atoms with van der Waals surface area (Å²) in [6, 6.07) is 0.996. The third-order valence-electron chi connectivity index (χ3n) is 6.94. The van der Waals surface area contributed by atoms with E-state index in [1.165, 1.54) is 17.4 Å². The van der Waals surface area contributed by atoms with Crippen LogP contribution in [0.1, 0.15) is 33.2 Å². The summed E-state index contributed by atoms with van der Waals surface area (Å²) in [5.74, 6) is -0.668. The van der Waals surface area contributed by atoms with Gasteiger partial charge in [0.05, 0.1) is 36.9 Å². The summed E-state index contributed by atoms with van der Waals surface area (Å²) < 4.78 is 26.6. The van der Waals surface area contributed by atoms with E-state index in [1.54, 1.807) is 18.0 Å². The van der Waals surface area contributed by atoms with E-state index in [4.69, 9.17) is 20.9 Å². The van der Waals surface area contributed by atoms with Gasteiger partial charge in [0, 0.05) is 24.5 Å². The number of hydrogen-bond acceptors (Lipinski definition) is 10. The first-order valence-corrected chi connectivity index (χ1v) is 12.4. The monoisotopic (exact) mass is 499 g/mol. The number of thiophene rings is 1. The molecule has 10 nitrogen and oxygen atoms in total. The van der Waals surface area contributed by atoms with Crippen LogP contribution in [0.2, 0.25) is 0 Å². The molecule has 3 aromatic heterocycles. The number of rotatable bonds is 3. The highest BCUT2D eigenvalue weighted by atomic mass is 32.1. The summed E-state index contributed by atoms with van der Waals surface area (Å²) >= 11 is 1.25. The maximum atomic E-state index is 15.1. The number of halogens is 1. The van der Waals surface area contributed by atoms with Crippen LogP contribution in [0.5, 0.6) is 0 Å². The zero-order valence-corrected chi connectivity index (χ0v) is 20.0. The van der Waals surface area contributed by atoms with Crippen LogP contribution in [0, 0.1) is 12.7 Å². The number of aryl methyl sites for hydroxylation is 2. The van der Waals surface area contributed by atoms with Crippen molar-refractivity contribution in [2.24, 2.45) is 5.73 Å². The molecule has 184 valence electrons. The average Bonchev–Trinajstić information content (AvgIpc) is 3.52. The van der Waals surface area contributed by atoms with Crippen LogP contribution in [0.15, 0.2) is 12.3 Å². The number of pyridine rings is 1. The number of nitrogens with zero attached hydrogens (tertiary/aromatic N) is 4. The van der Waals surface area contributed by atoms with Gasteiger partial charge in [-0.3, -0.25) is 4.79 Å². The van der Waals surface area contributed by atoms with Crippen molar-refractivity contribution in [3.63, 3.8) is 0 Å². The number of ether oxygens (including phenoxy) is 2. The Balaban J connectivity index is 1.18. The maximum Gasteiger partial charge on any atom is 0.263 e. The van der Waals surface area contributed by atoms with Gasteiger partial charge in [0.25, 0.3) is 5.91 Å². The number of amides is 1. The fourth-order valence-electron chi connectivity index (χ4n) is 5.14. The molecule has 35 heavy (non-hydrogen) atoms. The van der Waals surface area contributed by atoms with Crippen LogP contribution < -0.4 is 21.7 Å². The Morgan fingerprint density at radius 3 is 2.94 bits per heavy atom. The van der Waals surface area contributed by atoms with Gasteiger partial charge in [-0.25, -0.2) is 19.3 Å². The van der Waals surface area contributed by atoms with E-state index in [9.17, 15) is 4.79 Å². The number of hydrogen-bond donors (Lipinski definition) is 3. The molecule has 0 bridgehead atoms. The molecule has 2 aliphatic heterocycles. The fourth-order valence-corrected chi connectivity index (χ4v) is 6.15. The van der Waals surface area contributed by atoms with Crippen LogP contribution in [0.25, 0.3) is 10.2 Å². The van der Waals surface area contributed by atoms with Crippen molar-refractivity contribution in [3.05, 3.63) is 40.0 Å². The van der Waals surface area contributed by atoms with E-state index < -0.39 is 11.6 Å². The number of carbonyl (C=O) groups excluding carboxylic acids is 1. The Bertz CT molecular complexity index is 1330. The molecule has 3 aromatic rings. The minimum Gasteiger partial charge on any atom is -0.397 e. The normalized spacial score (nSPS) is 23.2. The maximum absolute atomic E-state index is 15.1. The van der Waals surface area contributed by atoms with Crippen LogP contribution in [0.3, 0.4) is 0 Å². The summed E-state index contributed by atoms with van der Waals surface area (Å²) in [6.45, 7) is 3.50. The zero-order valence-electron chi connectivity index (χ0n) is 19.2. The predicted octanol–water partition coefficient (Wildman–Crippen LogP) is 1.29. The number of carbonyl (C=O) groups is 1. The molecule has 2 saturated heterocycles. The first-order valence-electron chi connectivity index (χ1n) is 11.6. The third kappa shape index (κ3) is 3.80. The standard InChI is InChI=1S/C23H26FN7O3S/c1-11-27-8-14-18(26)19(35-22(14)28-11)21(32)29-13-2-3-16-12(6-13)7-15(24)20(30-16)31-9-17(25)23(10-31)33-4-5-34-23/h7-8,13,17H,2-6,9-10,25-26H2,1H3,(H,29,32). The lowest BCUT2D eigenvalue weighted by Gasteiger charge is -2.27. The van der Waals surface area contributed by atoms with Gasteiger partial charge in [-0.1, -0.05) is 0 Å². The summed E-state index contributed by atoms with van der Waals surface area (Å²) in [5, 5.41) is 3.73. The number of aromatic nitrogens is 3. The number of nitrogens with two attached hydrogens (primary N) is 2. The Hall–Kier alpha value is -2.93. The smallest absolute Gasteiger partial charge is 0.263 e. The molecule has 6 rings (SSSR count). The third-order valence-corrected chi connectivity index (χ3v) is 8.05. The first-order chi connectivity index (χ1) is 16.8. The molecule has 2 unspecified atom stereocenters. The van der Waals surface area contributed by atoms with E-state index in [-0.39, 0.29) is 23.8 Å². The second kappa shape index (κ2) is 8.33. The van der Waals surface area contributed by atoms with Crippen LogP contribution in [-0.4, -0.2) is 65.0 Å². The Labute approximate surface area is 204 Å². The van der Waals surface area contributed by atoms with Crippen molar-refractivity contribution in [2.45, 2.75) is 44.1 Å². The molecule has 1 amide bonds. The SMILES string of the molecule is Cc1ncc2c(N)c(C(=O)NC3CCc4nc(N5CC(N)C6(C5)OCCO6)c(F)cc4C3)sc2n1. The number of fused-ring (bicyclic) bond motifs is 2. The van der Waals surface area contributed by atoms with E-state index in [1.807, 2.05) is 0 Å². The minimum absolute atomic E-state index is 0.150. The number of nitrogen functional groups attached to an aromatic ring is 1. The molecule has 5 N–H and O–H groups in total. The van der Waals surface area contributed by atoms with E-state index >= 15 is 4.39 Å². The lowest BCUT2D eigenvalue weighted by atomic mass is 9.91. The predicted molar refractivity (Wildman–Crippen MR) is 129 cm³/mol. The zero-order chi connectivity index (χ0) is 24.3. The molecule has 0 saturated carbocycles. The van der Waals surface area contributed by atoms with Crippen LogP contribution in [0.4, 0.5) is 15.9 Å². The molecule has 0 radical (unpaired) electrons. The Morgan fingerprint density at radius 1 is 1.34 bits per heavy atom. The highest BCUT2D eigenvalue weighted by Crippen LogP contribution is 2.35. The molecule has 1 aliphatic carbocycles. The molecular formula is C23H26FN7O3S. The largest absolute Gasteiger partial charge is 0.397 e. The molecule has 12 heteroatoms. The summed E-state index contributed by atoms with van der Waals surface area (Å²) in [6.07, 6.45) is 3.45. The second-order valence-electron chi connectivity index (χ2n) is 9.29. The lowest BCUT2D eigenvalue weighted by Crippen LogP contribution is -2.47. The van der Waals surface area contributed by atoms with Crippen LogP contribution in [-0.2, 0) is 22.3 Å². The highest BCUT2D eigenvalue weighted by molar-refractivity contribution is 7.21. The molecule has 1 spiro atoms. The van der Waals surface area contributed by atoms with Gasteiger partial charge in [-0.15, -0.1) is 11.3 Å². The molecular weight excluding hydrogens is 473 g/mol. The average molecular weight is 500 g/mol. The van der Waals surface area contributed by atoms with Gasteiger partial charge in [0.2, 0.25) is 5.79 Å². The highest BCUT2D eigenvalue weighted by Gasteiger charge is 2.50. The Morgan fingerprint density at radius 2 is 2.14 bits per heavy atom. The summed E-state index contributed by atoms with van der Waals surface area (Å²) in [7, 11) is 0. The number of anilines is 2. The minimum atomic E-state index is -0.891. The first kappa shape index (κ1) is 22.5. The van der Waals surface area contributed by atoms with Crippen molar-refractivity contribution >= 4 is 39.0 Å². The van der Waals surface area contributed by atoms with Crippen molar-refractivity contribution in [1.82, 2.24) is 20.3 Å². The molecule has 2 atom stereocenters. The Kier molecular flexibility index (Phi) is 5.36. The van der Waals surface area contributed by atoms with Crippen molar-refractivity contribution in [2.75, 3.05) is 36.9 Å². The van der Waals surface area contributed by atoms with Gasteiger partial charge in [-0.2, -0.15) is 0 Å². The van der Waals surface area contributed by atoms with Crippen LogP contribution >= 0.6 is 11.3 Å². The summed E-state index contributed by atoms with van der Waals surface area (Å²) in [5.41, 5.74) is 14.5. The molecule has 5 heterocycles. The van der Waals surface area contributed by atoms with Gasteiger partial charge >= 0.3 is 0 Å². The van der Waals surface area contributed by atoms with Gasteiger partial charge in [0.15, 0.2) is 11.6 Å². The lowest BCUT2D eigenvalue weighted by molar-refractivity contribution is -0.147. The quantitative estimate of drug-likeness (QED) is 0.486. The fraction of sp³-hybridized carbons (Fsp3) is 0.478. The van der Waals surface area contributed by atoms with Crippen molar-refractivity contribution < 1.29 is 18.7 Å².